The van der Waals surface area contributed by atoms with Gasteiger partial charge in [0.1, 0.15) is 15.8 Å². The Balaban J connectivity index is 1.59. The number of rotatable bonds is 4. The zero-order valence-electron chi connectivity index (χ0n) is 19.1. The van der Waals surface area contributed by atoms with Gasteiger partial charge < -0.3 is 9.80 Å². The molecule has 0 N–H and O–H groups in total. The van der Waals surface area contributed by atoms with Crippen molar-refractivity contribution < 1.29 is 4.79 Å². The number of piperazine rings is 1. The van der Waals surface area contributed by atoms with Crippen LogP contribution >= 0.6 is 24.0 Å². The van der Waals surface area contributed by atoms with Crippen LogP contribution in [0.4, 0.5) is 5.82 Å². The number of thiocarbonyl (C=S) groups is 1. The summed E-state index contributed by atoms with van der Waals surface area (Å²) in [6.45, 7) is 8.59. The Morgan fingerprint density at radius 3 is 2.61 bits per heavy atom. The topological polar surface area (TPSA) is 61.2 Å². The number of aryl methyl sites for hydroxylation is 1. The van der Waals surface area contributed by atoms with E-state index in [0.29, 0.717) is 26.3 Å². The van der Waals surface area contributed by atoms with Gasteiger partial charge in [-0.2, -0.15) is 0 Å². The molecular weight excluding hydrogens is 454 g/mol. The van der Waals surface area contributed by atoms with Crippen LogP contribution in [0.25, 0.3) is 11.7 Å². The lowest BCUT2D eigenvalue weighted by atomic mass is 10.2. The van der Waals surface area contributed by atoms with Crippen molar-refractivity contribution in [1.82, 2.24) is 19.2 Å². The van der Waals surface area contributed by atoms with Crippen LogP contribution in [0.5, 0.6) is 0 Å². The predicted octanol–water partition coefficient (Wildman–Crippen LogP) is 3.29. The molecule has 2 saturated heterocycles. The number of thioether (sulfide) groups is 1. The van der Waals surface area contributed by atoms with Gasteiger partial charge in [-0.15, -0.1) is 0 Å². The Morgan fingerprint density at radius 1 is 1.18 bits per heavy atom. The van der Waals surface area contributed by atoms with Crippen LogP contribution in [0.1, 0.15) is 43.7 Å². The Labute approximate surface area is 203 Å². The fourth-order valence-corrected chi connectivity index (χ4v) is 6.41. The number of carbonyl (C=O) groups is 1. The molecule has 1 amide bonds. The van der Waals surface area contributed by atoms with Gasteiger partial charge in [0.15, 0.2) is 0 Å². The normalized spacial score (nSPS) is 21.8. The number of nitrogens with zero attached hydrogens (tertiary/aromatic N) is 5. The fraction of sp³-hybridized carbons (Fsp3) is 0.500. The molecule has 2 aromatic rings. The second kappa shape index (κ2) is 9.19. The van der Waals surface area contributed by atoms with Gasteiger partial charge in [0.05, 0.1) is 10.5 Å². The summed E-state index contributed by atoms with van der Waals surface area (Å²) in [7, 11) is 0. The molecule has 2 aliphatic heterocycles. The van der Waals surface area contributed by atoms with E-state index >= 15 is 0 Å². The van der Waals surface area contributed by atoms with E-state index in [-0.39, 0.29) is 17.5 Å². The predicted molar refractivity (Wildman–Crippen MR) is 138 cm³/mol. The highest BCUT2D eigenvalue weighted by atomic mass is 32.2. The van der Waals surface area contributed by atoms with E-state index < -0.39 is 0 Å². The van der Waals surface area contributed by atoms with E-state index in [1.807, 2.05) is 19.1 Å². The Morgan fingerprint density at radius 2 is 1.91 bits per heavy atom. The second-order valence-electron chi connectivity index (χ2n) is 8.95. The zero-order chi connectivity index (χ0) is 23.1. The van der Waals surface area contributed by atoms with Crippen LogP contribution in [0, 0.1) is 6.92 Å². The molecule has 1 aliphatic carbocycles. The van der Waals surface area contributed by atoms with Crippen molar-refractivity contribution in [3.05, 3.63) is 44.7 Å². The molecule has 33 heavy (non-hydrogen) atoms. The zero-order valence-corrected chi connectivity index (χ0v) is 20.8. The van der Waals surface area contributed by atoms with Gasteiger partial charge in [0.25, 0.3) is 11.5 Å². The lowest BCUT2D eigenvalue weighted by Gasteiger charge is -2.35. The highest BCUT2D eigenvalue weighted by Crippen LogP contribution is 2.38. The maximum absolute atomic E-state index is 13.7. The lowest BCUT2D eigenvalue weighted by molar-refractivity contribution is -0.123. The first-order valence-electron chi connectivity index (χ1n) is 11.7. The van der Waals surface area contributed by atoms with E-state index in [2.05, 4.69) is 16.7 Å². The van der Waals surface area contributed by atoms with Crippen LogP contribution < -0.4 is 10.5 Å². The number of carbonyl (C=O) groups excluding carboxylic acids is 1. The molecular formula is C24H29N5O2S2. The summed E-state index contributed by atoms with van der Waals surface area (Å²) in [6.07, 6.45) is 7.73. The van der Waals surface area contributed by atoms with E-state index in [1.54, 1.807) is 21.6 Å². The number of likely N-dealkylation sites (N-methyl/N-ethyl adjacent to an activating group) is 1. The van der Waals surface area contributed by atoms with Gasteiger partial charge in [0.2, 0.25) is 0 Å². The average molecular weight is 484 g/mol. The second-order valence-corrected chi connectivity index (χ2v) is 10.6. The third-order valence-corrected chi connectivity index (χ3v) is 8.30. The standard InChI is InChI=1S/C24H29N5O2S2/c1-3-26-11-13-27(14-12-26)21-18(22(30)28-10-6-7-16(2)20(28)25-21)15-19-23(31)29(24(32)33-19)17-8-4-5-9-17/h6-7,10,15,17H,3-5,8-9,11-14H2,1-2H3. The smallest absolute Gasteiger partial charge is 0.267 e. The SMILES string of the molecule is CCN1CCN(c2nc3c(C)cccn3c(=O)c2C=C2SC(=S)N(C3CCCC3)C2=O)CC1. The quantitative estimate of drug-likeness (QED) is 0.489. The molecule has 2 aromatic heterocycles. The van der Waals surface area contributed by atoms with E-state index in [9.17, 15) is 9.59 Å². The van der Waals surface area contributed by atoms with Crippen LogP contribution in [0.2, 0.25) is 0 Å². The van der Waals surface area contributed by atoms with Crippen molar-refractivity contribution in [3.8, 4) is 0 Å². The Kier molecular flexibility index (Phi) is 6.28. The summed E-state index contributed by atoms with van der Waals surface area (Å²) in [4.78, 5) is 38.8. The lowest BCUT2D eigenvalue weighted by Crippen LogP contribution is -2.47. The molecule has 4 heterocycles. The minimum absolute atomic E-state index is 0.0765. The number of hydrogen-bond donors (Lipinski definition) is 0. The maximum Gasteiger partial charge on any atom is 0.267 e. The number of anilines is 1. The van der Waals surface area contributed by atoms with Crippen molar-refractivity contribution in [3.63, 3.8) is 0 Å². The first-order chi connectivity index (χ1) is 16.0. The minimum atomic E-state index is -0.150. The van der Waals surface area contributed by atoms with Crippen molar-refractivity contribution in [2.75, 3.05) is 37.6 Å². The monoisotopic (exact) mass is 483 g/mol. The minimum Gasteiger partial charge on any atom is -0.353 e. The van der Waals surface area contributed by atoms with Crippen molar-refractivity contribution in [1.29, 1.82) is 0 Å². The summed E-state index contributed by atoms with van der Waals surface area (Å²) in [5.41, 5.74) is 1.92. The van der Waals surface area contributed by atoms with Crippen molar-refractivity contribution in [2.24, 2.45) is 0 Å². The third kappa shape index (κ3) is 4.11. The number of fused-ring (bicyclic) bond motifs is 1. The summed E-state index contributed by atoms with van der Waals surface area (Å²) in [5.74, 6) is 0.587. The third-order valence-electron chi connectivity index (χ3n) is 6.97. The molecule has 5 rings (SSSR count). The van der Waals surface area contributed by atoms with Crippen LogP contribution in [0.15, 0.2) is 28.0 Å². The molecule has 3 fully saturated rings. The molecule has 0 unspecified atom stereocenters. The summed E-state index contributed by atoms with van der Waals surface area (Å²) < 4.78 is 2.19. The average Bonchev–Trinajstić information content (AvgIpc) is 3.43. The number of pyridine rings is 1. The van der Waals surface area contributed by atoms with E-state index in [0.717, 1.165) is 64.0 Å². The summed E-state index contributed by atoms with van der Waals surface area (Å²) >= 11 is 6.88. The first-order valence-corrected chi connectivity index (χ1v) is 13.0. The van der Waals surface area contributed by atoms with Gasteiger partial charge in [-0.05, 0) is 44.0 Å². The van der Waals surface area contributed by atoms with Crippen LogP contribution in [0.3, 0.4) is 0 Å². The largest absolute Gasteiger partial charge is 0.353 e. The highest BCUT2D eigenvalue weighted by molar-refractivity contribution is 8.26. The van der Waals surface area contributed by atoms with Gasteiger partial charge in [0, 0.05) is 38.4 Å². The Hall–Kier alpha value is -2.23. The molecule has 0 atom stereocenters. The summed E-state index contributed by atoms with van der Waals surface area (Å²) in [5, 5.41) is 0. The van der Waals surface area contributed by atoms with Crippen molar-refractivity contribution >= 4 is 51.7 Å². The maximum atomic E-state index is 13.7. The van der Waals surface area contributed by atoms with Gasteiger partial charge >= 0.3 is 0 Å². The molecule has 1 saturated carbocycles. The molecule has 174 valence electrons. The van der Waals surface area contributed by atoms with E-state index in [1.165, 1.54) is 11.8 Å². The number of aromatic nitrogens is 2. The van der Waals surface area contributed by atoms with Gasteiger partial charge in [-0.1, -0.05) is 49.8 Å². The van der Waals surface area contributed by atoms with Gasteiger partial charge in [-0.3, -0.25) is 18.9 Å². The number of hydrogen-bond acceptors (Lipinski definition) is 7. The van der Waals surface area contributed by atoms with Crippen LogP contribution in [-0.2, 0) is 4.79 Å². The van der Waals surface area contributed by atoms with E-state index in [4.69, 9.17) is 17.2 Å². The summed E-state index contributed by atoms with van der Waals surface area (Å²) in [6, 6.07) is 4.00. The molecule has 0 radical (unpaired) electrons. The molecule has 3 aliphatic rings. The Bertz CT molecular complexity index is 1190. The highest BCUT2D eigenvalue weighted by Gasteiger charge is 2.38. The van der Waals surface area contributed by atoms with Crippen LogP contribution in [-0.4, -0.2) is 68.2 Å². The molecule has 7 nitrogen and oxygen atoms in total. The van der Waals surface area contributed by atoms with Crippen molar-refractivity contribution in [2.45, 2.75) is 45.6 Å². The molecule has 0 spiro atoms. The van der Waals surface area contributed by atoms with Gasteiger partial charge in [-0.25, -0.2) is 4.98 Å². The fourth-order valence-electron chi connectivity index (χ4n) is 5.03. The number of amides is 1. The molecule has 0 bridgehead atoms. The molecule has 0 aromatic carbocycles. The first kappa shape index (κ1) is 22.6. The molecule has 9 heteroatoms.